The number of carbonyl (C=O) groups excluding carboxylic acids is 2. The van der Waals surface area contributed by atoms with E-state index < -0.39 is 5.97 Å². The average Bonchev–Trinajstić information content (AvgIpc) is 2.66. The van der Waals surface area contributed by atoms with Crippen molar-refractivity contribution in [3.63, 3.8) is 0 Å². The van der Waals surface area contributed by atoms with Crippen molar-refractivity contribution in [3.05, 3.63) is 53.6 Å². The standard InChI is InChI=1S/C19H20ClNO5/c1-24-19(23)13-26-17-10-6-15(7-11-17)21-18(22)3-2-12-25-16-8-4-14(20)5-9-16/h4-11H,2-3,12-13H2,1H3,(H,21,22). The Labute approximate surface area is 157 Å². The number of amides is 1. The minimum absolute atomic E-state index is 0.104. The molecule has 1 N–H and O–H groups in total. The third-order valence-corrected chi connectivity index (χ3v) is 3.60. The summed E-state index contributed by atoms with van der Waals surface area (Å²) in [5.41, 5.74) is 0.652. The summed E-state index contributed by atoms with van der Waals surface area (Å²) in [4.78, 5) is 22.9. The van der Waals surface area contributed by atoms with Crippen molar-refractivity contribution in [1.82, 2.24) is 0 Å². The van der Waals surface area contributed by atoms with Crippen molar-refractivity contribution in [2.75, 3.05) is 25.6 Å². The number of esters is 1. The van der Waals surface area contributed by atoms with Crippen LogP contribution >= 0.6 is 11.6 Å². The topological polar surface area (TPSA) is 73.9 Å². The molecule has 0 fully saturated rings. The maximum Gasteiger partial charge on any atom is 0.343 e. The highest BCUT2D eigenvalue weighted by Gasteiger charge is 2.05. The van der Waals surface area contributed by atoms with E-state index in [0.717, 1.165) is 5.75 Å². The first kappa shape index (κ1) is 19.6. The molecular formula is C19H20ClNO5. The Bertz CT molecular complexity index is 716. The van der Waals surface area contributed by atoms with Crippen LogP contribution in [0.25, 0.3) is 0 Å². The van der Waals surface area contributed by atoms with Crippen LogP contribution in [0.3, 0.4) is 0 Å². The van der Waals surface area contributed by atoms with Crippen LogP contribution in [0, 0.1) is 0 Å². The van der Waals surface area contributed by atoms with E-state index in [-0.39, 0.29) is 12.5 Å². The highest BCUT2D eigenvalue weighted by molar-refractivity contribution is 6.30. The number of benzene rings is 2. The first-order chi connectivity index (χ1) is 12.6. The zero-order valence-electron chi connectivity index (χ0n) is 14.4. The summed E-state index contributed by atoms with van der Waals surface area (Å²) in [5.74, 6) is 0.679. The Kier molecular flexibility index (Phi) is 7.76. The van der Waals surface area contributed by atoms with Crippen LogP contribution in [-0.4, -0.2) is 32.2 Å². The molecule has 0 atom stereocenters. The normalized spacial score (nSPS) is 10.1. The summed E-state index contributed by atoms with van der Waals surface area (Å²) in [6.45, 7) is 0.283. The molecule has 0 aromatic heterocycles. The number of nitrogens with one attached hydrogen (secondary N) is 1. The zero-order valence-corrected chi connectivity index (χ0v) is 15.1. The van der Waals surface area contributed by atoms with Crippen LogP contribution in [0.5, 0.6) is 11.5 Å². The summed E-state index contributed by atoms with van der Waals surface area (Å²) in [6.07, 6.45) is 0.933. The number of methoxy groups -OCH3 is 1. The van der Waals surface area contributed by atoms with Crippen LogP contribution in [0.15, 0.2) is 48.5 Å². The van der Waals surface area contributed by atoms with Gasteiger partial charge in [-0.05, 0) is 55.0 Å². The second-order valence-corrected chi connectivity index (χ2v) is 5.78. The Morgan fingerprint density at radius 1 is 0.962 bits per heavy atom. The second kappa shape index (κ2) is 10.3. The number of ether oxygens (including phenoxy) is 3. The lowest BCUT2D eigenvalue weighted by Crippen LogP contribution is -2.13. The van der Waals surface area contributed by atoms with E-state index in [9.17, 15) is 9.59 Å². The summed E-state index contributed by atoms with van der Waals surface area (Å²) < 4.78 is 15.3. The van der Waals surface area contributed by atoms with E-state index in [1.807, 2.05) is 0 Å². The molecular weight excluding hydrogens is 358 g/mol. The monoisotopic (exact) mass is 377 g/mol. The molecule has 6 nitrogen and oxygen atoms in total. The molecule has 2 aromatic rings. The molecule has 26 heavy (non-hydrogen) atoms. The molecule has 7 heteroatoms. The smallest absolute Gasteiger partial charge is 0.343 e. The van der Waals surface area contributed by atoms with Gasteiger partial charge in [0.2, 0.25) is 5.91 Å². The lowest BCUT2D eigenvalue weighted by molar-refractivity contribution is -0.142. The van der Waals surface area contributed by atoms with Crippen molar-refractivity contribution < 1.29 is 23.8 Å². The van der Waals surface area contributed by atoms with Crippen LogP contribution in [0.4, 0.5) is 5.69 Å². The number of halogens is 1. The Balaban J connectivity index is 1.67. The van der Waals surface area contributed by atoms with Gasteiger partial charge in [-0.15, -0.1) is 0 Å². The van der Waals surface area contributed by atoms with Crippen molar-refractivity contribution in [1.29, 1.82) is 0 Å². The molecule has 0 bridgehead atoms. The van der Waals surface area contributed by atoms with Gasteiger partial charge in [-0.25, -0.2) is 4.79 Å². The lowest BCUT2D eigenvalue weighted by atomic mass is 10.2. The number of rotatable bonds is 9. The molecule has 138 valence electrons. The summed E-state index contributed by atoms with van der Waals surface area (Å²) in [7, 11) is 1.30. The fraction of sp³-hybridized carbons (Fsp3) is 0.263. The van der Waals surface area contributed by atoms with Crippen molar-refractivity contribution in [3.8, 4) is 11.5 Å². The fourth-order valence-electron chi connectivity index (χ4n) is 2.01. The first-order valence-electron chi connectivity index (χ1n) is 8.05. The zero-order chi connectivity index (χ0) is 18.8. The van der Waals surface area contributed by atoms with E-state index in [4.69, 9.17) is 21.1 Å². The highest BCUT2D eigenvalue weighted by Crippen LogP contribution is 2.17. The number of carbonyl (C=O) groups is 2. The van der Waals surface area contributed by atoms with E-state index in [1.165, 1.54) is 7.11 Å². The molecule has 0 radical (unpaired) electrons. The van der Waals surface area contributed by atoms with Crippen molar-refractivity contribution in [2.24, 2.45) is 0 Å². The minimum Gasteiger partial charge on any atom is -0.494 e. The quantitative estimate of drug-likeness (QED) is 0.533. The average molecular weight is 378 g/mol. The van der Waals surface area contributed by atoms with Gasteiger partial charge in [0.15, 0.2) is 6.61 Å². The third kappa shape index (κ3) is 7.03. The van der Waals surface area contributed by atoms with Crippen LogP contribution in [-0.2, 0) is 14.3 Å². The molecule has 0 aliphatic carbocycles. The number of anilines is 1. The van der Waals surface area contributed by atoms with Gasteiger partial charge in [0.1, 0.15) is 11.5 Å². The third-order valence-electron chi connectivity index (χ3n) is 3.35. The largest absolute Gasteiger partial charge is 0.494 e. The molecule has 0 spiro atoms. The van der Waals surface area contributed by atoms with Gasteiger partial charge in [-0.2, -0.15) is 0 Å². The highest BCUT2D eigenvalue weighted by atomic mass is 35.5. The van der Waals surface area contributed by atoms with Gasteiger partial charge in [-0.3, -0.25) is 4.79 Å². The van der Waals surface area contributed by atoms with Crippen molar-refractivity contribution >= 4 is 29.2 Å². The van der Waals surface area contributed by atoms with Crippen molar-refractivity contribution in [2.45, 2.75) is 12.8 Å². The van der Waals surface area contributed by atoms with E-state index in [1.54, 1.807) is 48.5 Å². The summed E-state index contributed by atoms with van der Waals surface area (Å²) in [6, 6.07) is 13.8. The first-order valence-corrected chi connectivity index (χ1v) is 8.42. The molecule has 0 saturated heterocycles. The number of hydrogen-bond donors (Lipinski definition) is 1. The van der Waals surface area contributed by atoms with Gasteiger partial charge >= 0.3 is 5.97 Å². The molecule has 1 amide bonds. The molecule has 0 heterocycles. The van der Waals surface area contributed by atoms with Crippen LogP contribution in [0.2, 0.25) is 5.02 Å². The maximum absolute atomic E-state index is 11.9. The Morgan fingerprint density at radius 3 is 2.23 bits per heavy atom. The maximum atomic E-state index is 11.9. The van der Waals surface area contributed by atoms with E-state index >= 15 is 0 Å². The van der Waals surface area contributed by atoms with Gasteiger partial charge in [-0.1, -0.05) is 11.6 Å². The SMILES string of the molecule is COC(=O)COc1ccc(NC(=O)CCCOc2ccc(Cl)cc2)cc1. The minimum atomic E-state index is -0.455. The van der Waals surface area contributed by atoms with Crippen LogP contribution in [0.1, 0.15) is 12.8 Å². The fourth-order valence-corrected chi connectivity index (χ4v) is 2.14. The molecule has 2 rings (SSSR count). The Morgan fingerprint density at radius 2 is 1.58 bits per heavy atom. The van der Waals surface area contributed by atoms with Gasteiger partial charge < -0.3 is 19.5 Å². The Hall–Kier alpha value is -2.73. The second-order valence-electron chi connectivity index (χ2n) is 5.34. The summed E-state index contributed by atoms with van der Waals surface area (Å²) in [5, 5.41) is 3.44. The molecule has 0 unspecified atom stereocenters. The van der Waals surface area contributed by atoms with Crippen LogP contribution < -0.4 is 14.8 Å². The molecule has 2 aromatic carbocycles. The predicted molar refractivity (Wildman–Crippen MR) is 98.8 cm³/mol. The van der Waals surface area contributed by atoms with E-state index in [2.05, 4.69) is 10.1 Å². The van der Waals surface area contributed by atoms with Gasteiger partial charge in [0, 0.05) is 17.1 Å². The molecule has 0 saturated carbocycles. The molecule has 0 aliphatic rings. The lowest BCUT2D eigenvalue weighted by Gasteiger charge is -2.08. The van der Waals surface area contributed by atoms with Gasteiger partial charge in [0.05, 0.1) is 13.7 Å². The van der Waals surface area contributed by atoms with E-state index in [0.29, 0.717) is 35.9 Å². The number of hydrogen-bond acceptors (Lipinski definition) is 5. The van der Waals surface area contributed by atoms with Gasteiger partial charge in [0.25, 0.3) is 0 Å². The molecule has 0 aliphatic heterocycles. The summed E-state index contributed by atoms with van der Waals surface area (Å²) >= 11 is 5.80. The predicted octanol–water partition coefficient (Wildman–Crippen LogP) is 3.69.